The highest BCUT2D eigenvalue weighted by molar-refractivity contribution is 5.94. The van der Waals surface area contributed by atoms with Gasteiger partial charge >= 0.3 is 0 Å². The Kier molecular flexibility index (Phi) is 5.98. The van der Waals surface area contributed by atoms with E-state index in [0.29, 0.717) is 18.0 Å². The Balaban J connectivity index is 2.08. The molecule has 0 unspecified atom stereocenters. The fourth-order valence-corrected chi connectivity index (χ4v) is 2.60. The Morgan fingerprint density at radius 3 is 2.67 bits per heavy atom. The van der Waals surface area contributed by atoms with E-state index < -0.39 is 0 Å². The standard InChI is InChI=1S/C18H25N3O3/c1-6-15(18(22)20-17-10-12(3)24-21-17)19-13(4)14-9-11(2)7-8-16(14)23-5/h7-10,13,15,19H,6H2,1-5H3,(H,20,21,22)/t13-,15+/m0/s1. The van der Waals surface area contributed by atoms with Gasteiger partial charge in [-0.15, -0.1) is 0 Å². The van der Waals surface area contributed by atoms with Gasteiger partial charge in [0.25, 0.3) is 0 Å². The number of rotatable bonds is 7. The molecular formula is C18H25N3O3. The number of ether oxygens (including phenoxy) is 1. The second kappa shape index (κ2) is 7.97. The van der Waals surface area contributed by atoms with Crippen molar-refractivity contribution in [3.8, 4) is 5.75 Å². The number of amides is 1. The number of hydrogen-bond donors (Lipinski definition) is 2. The van der Waals surface area contributed by atoms with Crippen LogP contribution in [0.1, 0.15) is 43.2 Å². The molecule has 6 nitrogen and oxygen atoms in total. The number of aryl methyl sites for hydroxylation is 2. The van der Waals surface area contributed by atoms with E-state index in [-0.39, 0.29) is 18.0 Å². The summed E-state index contributed by atoms with van der Waals surface area (Å²) >= 11 is 0. The summed E-state index contributed by atoms with van der Waals surface area (Å²) in [6.45, 7) is 7.80. The third-order valence-corrected chi connectivity index (χ3v) is 3.91. The Bertz CT molecular complexity index is 697. The third kappa shape index (κ3) is 4.35. The van der Waals surface area contributed by atoms with Crippen molar-refractivity contribution in [1.82, 2.24) is 10.5 Å². The van der Waals surface area contributed by atoms with Crippen molar-refractivity contribution in [3.05, 3.63) is 41.2 Å². The van der Waals surface area contributed by atoms with Gasteiger partial charge in [0.05, 0.1) is 13.2 Å². The molecule has 0 fully saturated rings. The zero-order valence-corrected chi connectivity index (χ0v) is 14.8. The lowest BCUT2D eigenvalue weighted by Crippen LogP contribution is -2.41. The van der Waals surface area contributed by atoms with Crippen LogP contribution in [0.25, 0.3) is 0 Å². The minimum atomic E-state index is -0.345. The summed E-state index contributed by atoms with van der Waals surface area (Å²) in [5.41, 5.74) is 2.18. The molecule has 2 aromatic rings. The summed E-state index contributed by atoms with van der Waals surface area (Å²) in [6.07, 6.45) is 0.654. The van der Waals surface area contributed by atoms with Crippen molar-refractivity contribution in [3.63, 3.8) is 0 Å². The lowest BCUT2D eigenvalue weighted by molar-refractivity contribution is -0.118. The molecule has 6 heteroatoms. The number of nitrogens with one attached hydrogen (secondary N) is 2. The molecule has 0 bridgehead atoms. The van der Waals surface area contributed by atoms with Gasteiger partial charge in [0.2, 0.25) is 5.91 Å². The molecule has 1 aromatic heterocycles. The highest BCUT2D eigenvalue weighted by Gasteiger charge is 2.22. The molecule has 0 aliphatic carbocycles. The van der Waals surface area contributed by atoms with E-state index in [4.69, 9.17) is 9.26 Å². The number of carbonyl (C=O) groups is 1. The monoisotopic (exact) mass is 331 g/mol. The predicted octanol–water partition coefficient (Wildman–Crippen LogP) is 3.37. The maximum atomic E-state index is 12.5. The molecule has 2 atom stereocenters. The number of benzene rings is 1. The van der Waals surface area contributed by atoms with Gasteiger partial charge in [-0.3, -0.25) is 10.1 Å². The zero-order chi connectivity index (χ0) is 17.7. The smallest absolute Gasteiger partial charge is 0.242 e. The highest BCUT2D eigenvalue weighted by atomic mass is 16.5. The first-order chi connectivity index (χ1) is 11.4. The molecule has 0 radical (unpaired) electrons. The first-order valence-electron chi connectivity index (χ1n) is 8.09. The van der Waals surface area contributed by atoms with Crippen molar-refractivity contribution < 1.29 is 14.1 Å². The number of anilines is 1. The van der Waals surface area contributed by atoms with Crippen LogP contribution >= 0.6 is 0 Å². The van der Waals surface area contributed by atoms with E-state index in [0.717, 1.165) is 16.9 Å². The minimum Gasteiger partial charge on any atom is -0.496 e. The summed E-state index contributed by atoms with van der Waals surface area (Å²) in [5.74, 6) is 1.76. The van der Waals surface area contributed by atoms with Gasteiger partial charge in [-0.2, -0.15) is 0 Å². The van der Waals surface area contributed by atoms with Gasteiger partial charge in [0, 0.05) is 17.7 Å². The van der Waals surface area contributed by atoms with Crippen LogP contribution in [0.4, 0.5) is 5.82 Å². The molecule has 130 valence electrons. The van der Waals surface area contributed by atoms with Crippen molar-refractivity contribution >= 4 is 11.7 Å². The third-order valence-electron chi connectivity index (χ3n) is 3.91. The molecule has 1 amide bonds. The van der Waals surface area contributed by atoms with Crippen LogP contribution < -0.4 is 15.4 Å². The fraction of sp³-hybridized carbons (Fsp3) is 0.444. The maximum Gasteiger partial charge on any atom is 0.242 e. The van der Waals surface area contributed by atoms with E-state index in [1.807, 2.05) is 32.9 Å². The van der Waals surface area contributed by atoms with Crippen LogP contribution in [0, 0.1) is 13.8 Å². The van der Waals surface area contributed by atoms with Crippen molar-refractivity contribution in [2.45, 2.75) is 46.2 Å². The molecule has 0 aliphatic rings. The number of methoxy groups -OCH3 is 1. The largest absolute Gasteiger partial charge is 0.496 e. The second-order valence-corrected chi connectivity index (χ2v) is 5.91. The van der Waals surface area contributed by atoms with Gasteiger partial charge in [0.15, 0.2) is 5.82 Å². The van der Waals surface area contributed by atoms with Crippen molar-refractivity contribution in [2.24, 2.45) is 0 Å². The number of hydrogen-bond acceptors (Lipinski definition) is 5. The van der Waals surface area contributed by atoms with Crippen LogP contribution in [-0.2, 0) is 4.79 Å². The summed E-state index contributed by atoms with van der Waals surface area (Å²) in [6, 6.07) is 7.34. The Hall–Kier alpha value is -2.34. The topological polar surface area (TPSA) is 76.4 Å². The second-order valence-electron chi connectivity index (χ2n) is 5.91. The number of aromatic nitrogens is 1. The number of carbonyl (C=O) groups excluding carboxylic acids is 1. The average Bonchev–Trinajstić information content (AvgIpc) is 2.97. The lowest BCUT2D eigenvalue weighted by Gasteiger charge is -2.23. The Morgan fingerprint density at radius 2 is 2.08 bits per heavy atom. The van der Waals surface area contributed by atoms with Crippen LogP contribution in [0.15, 0.2) is 28.8 Å². The predicted molar refractivity (Wildman–Crippen MR) is 93.2 cm³/mol. The van der Waals surface area contributed by atoms with Crippen LogP contribution in [0.2, 0.25) is 0 Å². The summed E-state index contributed by atoms with van der Waals surface area (Å²) < 4.78 is 10.4. The molecule has 24 heavy (non-hydrogen) atoms. The molecule has 1 aromatic carbocycles. The van der Waals surface area contributed by atoms with Gasteiger partial charge in [-0.25, -0.2) is 0 Å². The minimum absolute atomic E-state index is 0.0328. The van der Waals surface area contributed by atoms with E-state index in [2.05, 4.69) is 21.9 Å². The van der Waals surface area contributed by atoms with Crippen LogP contribution in [0.3, 0.4) is 0 Å². The Morgan fingerprint density at radius 1 is 1.33 bits per heavy atom. The van der Waals surface area contributed by atoms with Crippen LogP contribution in [-0.4, -0.2) is 24.2 Å². The Labute approximate surface area is 142 Å². The number of nitrogens with zero attached hydrogens (tertiary/aromatic N) is 1. The van der Waals surface area contributed by atoms with Crippen molar-refractivity contribution in [1.29, 1.82) is 0 Å². The summed E-state index contributed by atoms with van der Waals surface area (Å²) in [5, 5.41) is 9.93. The quantitative estimate of drug-likeness (QED) is 0.813. The van der Waals surface area contributed by atoms with E-state index in [9.17, 15) is 4.79 Å². The van der Waals surface area contributed by atoms with E-state index >= 15 is 0 Å². The first kappa shape index (κ1) is 18.0. The maximum absolute atomic E-state index is 12.5. The lowest BCUT2D eigenvalue weighted by atomic mass is 10.0. The molecule has 2 N–H and O–H groups in total. The highest BCUT2D eigenvalue weighted by Crippen LogP contribution is 2.26. The van der Waals surface area contributed by atoms with Crippen LogP contribution in [0.5, 0.6) is 5.75 Å². The molecule has 0 saturated carbocycles. The van der Waals surface area contributed by atoms with Gasteiger partial charge in [-0.1, -0.05) is 29.8 Å². The van der Waals surface area contributed by atoms with Gasteiger partial charge in [-0.05, 0) is 33.3 Å². The summed E-state index contributed by atoms with van der Waals surface area (Å²) in [4.78, 5) is 12.5. The molecule has 0 saturated heterocycles. The molecule has 0 spiro atoms. The normalized spacial score (nSPS) is 13.4. The van der Waals surface area contributed by atoms with Gasteiger partial charge in [0.1, 0.15) is 11.5 Å². The molecule has 2 rings (SSSR count). The molecular weight excluding hydrogens is 306 g/mol. The zero-order valence-electron chi connectivity index (χ0n) is 14.8. The van der Waals surface area contributed by atoms with E-state index in [1.165, 1.54) is 0 Å². The average molecular weight is 331 g/mol. The first-order valence-corrected chi connectivity index (χ1v) is 8.09. The fourth-order valence-electron chi connectivity index (χ4n) is 2.60. The van der Waals surface area contributed by atoms with E-state index in [1.54, 1.807) is 20.1 Å². The van der Waals surface area contributed by atoms with Gasteiger partial charge < -0.3 is 14.6 Å². The molecule has 0 aliphatic heterocycles. The molecule has 1 heterocycles. The van der Waals surface area contributed by atoms with Crippen molar-refractivity contribution in [2.75, 3.05) is 12.4 Å². The summed E-state index contributed by atoms with van der Waals surface area (Å²) in [7, 11) is 1.65. The SMILES string of the molecule is CC[C@@H](N[C@@H](C)c1cc(C)ccc1OC)C(=O)Nc1cc(C)on1.